The Kier molecular flexibility index (Phi) is 7.43. The molecule has 0 aromatic carbocycles. The molecule has 27 heavy (non-hydrogen) atoms. The number of aromatic nitrogens is 1. The molecule has 0 amide bonds. The highest BCUT2D eigenvalue weighted by Gasteiger charge is 2.23. The molecule has 0 radical (unpaired) electrons. The van der Waals surface area contributed by atoms with Crippen LogP contribution in [0.4, 0.5) is 0 Å². The minimum Gasteiger partial charge on any atom is -0.355 e. The van der Waals surface area contributed by atoms with E-state index in [9.17, 15) is 0 Å². The van der Waals surface area contributed by atoms with Gasteiger partial charge in [-0.25, -0.2) is 0 Å². The van der Waals surface area contributed by atoms with Crippen molar-refractivity contribution in [3.05, 3.63) is 30.1 Å². The molecular formula is C20H35N7. The molecule has 1 aromatic heterocycles. The molecule has 1 aromatic rings. The number of hydrogen-bond acceptors (Lipinski definition) is 5. The third-order valence-electron chi connectivity index (χ3n) is 5.75. The fourth-order valence-corrected chi connectivity index (χ4v) is 3.88. The van der Waals surface area contributed by atoms with Crippen LogP contribution in [0.2, 0.25) is 0 Å². The Morgan fingerprint density at radius 1 is 1.19 bits per heavy atom. The molecule has 2 N–H and O–H groups in total. The summed E-state index contributed by atoms with van der Waals surface area (Å²) >= 11 is 0. The van der Waals surface area contributed by atoms with Crippen LogP contribution >= 0.6 is 0 Å². The first-order chi connectivity index (χ1) is 13.1. The van der Waals surface area contributed by atoms with E-state index in [1.165, 1.54) is 0 Å². The lowest BCUT2D eigenvalue weighted by Crippen LogP contribution is -2.56. The van der Waals surface area contributed by atoms with Gasteiger partial charge >= 0.3 is 0 Å². The summed E-state index contributed by atoms with van der Waals surface area (Å²) in [5, 5.41) is 7.16. The highest BCUT2D eigenvalue weighted by molar-refractivity contribution is 5.80. The predicted molar refractivity (Wildman–Crippen MR) is 111 cm³/mol. The number of aliphatic imine (C=N–C) groups is 1. The van der Waals surface area contributed by atoms with Gasteiger partial charge in [0.15, 0.2) is 5.96 Å². The minimum atomic E-state index is 0.489. The molecule has 2 aliphatic heterocycles. The summed E-state index contributed by atoms with van der Waals surface area (Å²) in [5.41, 5.74) is 1.16. The van der Waals surface area contributed by atoms with E-state index >= 15 is 0 Å². The monoisotopic (exact) mass is 373 g/mol. The fourth-order valence-electron chi connectivity index (χ4n) is 3.88. The van der Waals surface area contributed by atoms with Crippen LogP contribution in [0.15, 0.2) is 29.4 Å². The summed E-state index contributed by atoms with van der Waals surface area (Å²) < 4.78 is 0. The summed E-state index contributed by atoms with van der Waals surface area (Å²) in [6.07, 6.45) is 4.15. The van der Waals surface area contributed by atoms with Crippen molar-refractivity contribution in [3.63, 3.8) is 0 Å². The number of piperazine rings is 1. The molecule has 3 rings (SSSR count). The van der Waals surface area contributed by atoms with Crippen molar-refractivity contribution in [2.24, 2.45) is 4.99 Å². The molecule has 0 bridgehead atoms. The van der Waals surface area contributed by atoms with Gasteiger partial charge in [0.1, 0.15) is 0 Å². The van der Waals surface area contributed by atoms with Crippen LogP contribution in [-0.4, -0.2) is 98.1 Å². The number of rotatable bonds is 5. The Hall–Kier alpha value is -1.70. The van der Waals surface area contributed by atoms with Gasteiger partial charge in [-0.3, -0.25) is 19.8 Å². The number of nitrogens with zero attached hydrogens (tertiary/aromatic N) is 5. The Bertz CT molecular complexity index is 583. The van der Waals surface area contributed by atoms with Crippen molar-refractivity contribution in [3.8, 4) is 0 Å². The molecule has 7 nitrogen and oxygen atoms in total. The lowest BCUT2D eigenvalue weighted by Gasteiger charge is -2.38. The lowest BCUT2D eigenvalue weighted by molar-refractivity contribution is 0.116. The van der Waals surface area contributed by atoms with E-state index in [-0.39, 0.29) is 0 Å². The molecule has 7 heteroatoms. The first-order valence-electron chi connectivity index (χ1n) is 10.1. The van der Waals surface area contributed by atoms with E-state index in [2.05, 4.69) is 61.5 Å². The number of nitrogens with one attached hydrogen (secondary N) is 2. The van der Waals surface area contributed by atoms with Gasteiger partial charge in [-0.05, 0) is 39.1 Å². The van der Waals surface area contributed by atoms with Gasteiger partial charge in [-0.1, -0.05) is 6.07 Å². The average Bonchev–Trinajstić information content (AvgIpc) is 2.69. The van der Waals surface area contributed by atoms with E-state index in [4.69, 9.17) is 0 Å². The number of guanidine groups is 1. The van der Waals surface area contributed by atoms with Crippen molar-refractivity contribution in [2.45, 2.75) is 31.5 Å². The first kappa shape index (κ1) is 20.0. The smallest absolute Gasteiger partial charge is 0.191 e. The zero-order valence-corrected chi connectivity index (χ0v) is 17.1. The topological polar surface area (TPSA) is 59.0 Å². The Balaban J connectivity index is 1.39. The Morgan fingerprint density at radius 2 is 2.00 bits per heavy atom. The van der Waals surface area contributed by atoms with E-state index in [1.54, 1.807) is 0 Å². The zero-order chi connectivity index (χ0) is 19.1. The van der Waals surface area contributed by atoms with Gasteiger partial charge in [-0.15, -0.1) is 0 Å². The summed E-state index contributed by atoms with van der Waals surface area (Å²) in [6, 6.07) is 7.16. The van der Waals surface area contributed by atoms with Gasteiger partial charge in [0.25, 0.3) is 0 Å². The first-order valence-corrected chi connectivity index (χ1v) is 10.1. The maximum Gasteiger partial charge on any atom is 0.191 e. The van der Waals surface area contributed by atoms with Crippen molar-refractivity contribution in [1.29, 1.82) is 0 Å². The standard InChI is InChI=1S/C20H35N7/c1-21-20(23-14-19-16-25(2)12-13-26(19)3)24-17-7-10-27(11-8-17)15-18-6-4-5-9-22-18/h4-6,9,17,19H,7-8,10-16H2,1-3H3,(H2,21,23,24). The largest absolute Gasteiger partial charge is 0.355 e. The summed E-state index contributed by atoms with van der Waals surface area (Å²) in [4.78, 5) is 16.2. The molecule has 0 spiro atoms. The van der Waals surface area contributed by atoms with E-state index in [1.807, 2.05) is 19.3 Å². The third kappa shape index (κ3) is 6.16. The maximum atomic E-state index is 4.44. The van der Waals surface area contributed by atoms with Crippen LogP contribution in [0.5, 0.6) is 0 Å². The molecule has 0 aliphatic carbocycles. The second-order valence-corrected chi connectivity index (χ2v) is 7.87. The fraction of sp³-hybridized carbons (Fsp3) is 0.700. The molecule has 3 heterocycles. The van der Waals surface area contributed by atoms with Crippen LogP contribution in [-0.2, 0) is 6.54 Å². The van der Waals surface area contributed by atoms with Gasteiger partial charge in [0.05, 0.1) is 5.69 Å². The molecule has 0 saturated carbocycles. The zero-order valence-electron chi connectivity index (χ0n) is 17.1. The molecule has 150 valence electrons. The van der Waals surface area contributed by atoms with Crippen molar-refractivity contribution < 1.29 is 0 Å². The quantitative estimate of drug-likeness (QED) is 0.578. The van der Waals surface area contributed by atoms with Crippen LogP contribution in [0, 0.1) is 0 Å². The van der Waals surface area contributed by atoms with Gasteiger partial charge in [0.2, 0.25) is 0 Å². The van der Waals surface area contributed by atoms with Gasteiger partial charge < -0.3 is 15.5 Å². The van der Waals surface area contributed by atoms with Gasteiger partial charge in [-0.2, -0.15) is 0 Å². The molecule has 2 aliphatic rings. The van der Waals surface area contributed by atoms with Crippen LogP contribution in [0.25, 0.3) is 0 Å². The second kappa shape index (κ2) is 10.0. The molecule has 2 fully saturated rings. The van der Waals surface area contributed by atoms with Crippen LogP contribution in [0.3, 0.4) is 0 Å². The third-order valence-corrected chi connectivity index (χ3v) is 5.75. The number of likely N-dealkylation sites (N-methyl/N-ethyl adjacent to an activating group) is 2. The van der Waals surface area contributed by atoms with E-state index < -0.39 is 0 Å². The second-order valence-electron chi connectivity index (χ2n) is 7.87. The van der Waals surface area contributed by atoms with Gasteiger partial charge in [0, 0.05) is 71.1 Å². The number of likely N-dealkylation sites (tertiary alicyclic amines) is 1. The normalized spacial score (nSPS) is 24.1. The summed E-state index contributed by atoms with van der Waals surface area (Å²) in [6.45, 7) is 7.46. The van der Waals surface area contributed by atoms with E-state index in [0.29, 0.717) is 12.1 Å². The molecule has 1 atom stereocenters. The molecular weight excluding hydrogens is 338 g/mol. The Morgan fingerprint density at radius 3 is 2.70 bits per heavy atom. The van der Waals surface area contributed by atoms with Crippen molar-refractivity contribution in [1.82, 2.24) is 30.3 Å². The van der Waals surface area contributed by atoms with Crippen molar-refractivity contribution >= 4 is 5.96 Å². The highest BCUT2D eigenvalue weighted by atomic mass is 15.3. The van der Waals surface area contributed by atoms with Crippen molar-refractivity contribution in [2.75, 3.05) is 60.4 Å². The van der Waals surface area contributed by atoms with Crippen LogP contribution in [0.1, 0.15) is 18.5 Å². The number of hydrogen-bond donors (Lipinski definition) is 2. The average molecular weight is 374 g/mol. The SMILES string of the molecule is CN=C(NCC1CN(C)CCN1C)NC1CCN(Cc2ccccn2)CC1. The summed E-state index contributed by atoms with van der Waals surface area (Å²) in [7, 11) is 6.28. The lowest BCUT2D eigenvalue weighted by atomic mass is 10.0. The number of piperidine rings is 1. The highest BCUT2D eigenvalue weighted by Crippen LogP contribution is 2.13. The Labute approximate surface area is 163 Å². The van der Waals surface area contributed by atoms with E-state index in [0.717, 1.165) is 70.3 Å². The minimum absolute atomic E-state index is 0.489. The molecule has 2 saturated heterocycles. The maximum absolute atomic E-state index is 4.44. The summed E-state index contributed by atoms with van der Waals surface area (Å²) in [5.74, 6) is 0.930. The predicted octanol–water partition coefficient (Wildman–Crippen LogP) is 0.457. The number of pyridine rings is 1. The molecule has 1 unspecified atom stereocenters. The van der Waals surface area contributed by atoms with Crippen LogP contribution < -0.4 is 10.6 Å².